The van der Waals surface area contributed by atoms with Crippen molar-refractivity contribution < 1.29 is 9.90 Å². The maximum atomic E-state index is 12.1. The predicted octanol–water partition coefficient (Wildman–Crippen LogP) is 2.90. The smallest absolute Gasteiger partial charge is 0.261 e. The van der Waals surface area contributed by atoms with Gasteiger partial charge in [-0.3, -0.25) is 4.79 Å². The molecule has 0 spiro atoms. The Bertz CT molecular complexity index is 441. The Morgan fingerprint density at radius 1 is 1.47 bits per heavy atom. The van der Waals surface area contributed by atoms with Gasteiger partial charge in [-0.1, -0.05) is 19.8 Å². The van der Waals surface area contributed by atoms with Crippen molar-refractivity contribution in [3.8, 4) is 0 Å². The third-order valence-corrected chi connectivity index (χ3v) is 5.11. The number of carbonyl (C=O) groups excluding carboxylic acids is 1. The molecule has 1 aliphatic carbocycles. The minimum atomic E-state index is -0.245. The topological polar surface area (TPSA) is 49.3 Å². The van der Waals surface area contributed by atoms with Crippen LogP contribution in [0.4, 0.5) is 0 Å². The lowest BCUT2D eigenvalue weighted by molar-refractivity contribution is 0.0664. The highest BCUT2D eigenvalue weighted by Gasteiger charge is 2.23. The molecule has 2 atom stereocenters. The van der Waals surface area contributed by atoms with Crippen LogP contribution in [0.25, 0.3) is 0 Å². The summed E-state index contributed by atoms with van der Waals surface area (Å²) in [4.78, 5) is 14.1. The van der Waals surface area contributed by atoms with Gasteiger partial charge in [0.05, 0.1) is 11.0 Å². The number of rotatable bonds is 4. The second kappa shape index (κ2) is 6.53. The van der Waals surface area contributed by atoms with Crippen molar-refractivity contribution in [3.05, 3.63) is 21.4 Å². The van der Waals surface area contributed by atoms with Crippen molar-refractivity contribution in [1.82, 2.24) is 5.32 Å². The van der Waals surface area contributed by atoms with Gasteiger partial charge in [-0.2, -0.15) is 0 Å². The van der Waals surface area contributed by atoms with Crippen LogP contribution in [0.5, 0.6) is 0 Å². The number of carbonyl (C=O) groups is 1. The van der Waals surface area contributed by atoms with E-state index < -0.39 is 0 Å². The third kappa shape index (κ3) is 3.57. The van der Waals surface area contributed by atoms with Crippen LogP contribution in [-0.2, 0) is 6.42 Å². The Balaban J connectivity index is 1.89. The van der Waals surface area contributed by atoms with Gasteiger partial charge in [-0.05, 0) is 37.8 Å². The van der Waals surface area contributed by atoms with Crippen LogP contribution in [0, 0.1) is 12.8 Å². The highest BCUT2D eigenvalue weighted by atomic mass is 32.1. The molecule has 1 fully saturated rings. The summed E-state index contributed by atoms with van der Waals surface area (Å²) in [6.07, 6.45) is 4.89. The summed E-state index contributed by atoms with van der Waals surface area (Å²) in [7, 11) is 0. The van der Waals surface area contributed by atoms with Crippen LogP contribution < -0.4 is 5.32 Å². The van der Waals surface area contributed by atoms with Crippen molar-refractivity contribution in [2.45, 2.75) is 52.1 Å². The summed E-state index contributed by atoms with van der Waals surface area (Å²) < 4.78 is 0. The van der Waals surface area contributed by atoms with Crippen LogP contribution in [0.2, 0.25) is 0 Å². The molecule has 3 nitrogen and oxygen atoms in total. The number of nitrogens with one attached hydrogen (secondary N) is 1. The summed E-state index contributed by atoms with van der Waals surface area (Å²) in [6.45, 7) is 4.76. The van der Waals surface area contributed by atoms with Crippen molar-refractivity contribution >= 4 is 17.2 Å². The molecule has 2 rings (SSSR count). The SMILES string of the molecule is CCc1cc(C(=O)NCC2CCCCC2O)sc1C. The molecule has 1 aromatic heterocycles. The zero-order valence-corrected chi connectivity index (χ0v) is 12.6. The van der Waals surface area contributed by atoms with Gasteiger partial charge in [0.1, 0.15) is 0 Å². The first-order chi connectivity index (χ1) is 9.11. The summed E-state index contributed by atoms with van der Waals surface area (Å²) in [6, 6.07) is 1.99. The number of thiophene rings is 1. The van der Waals surface area contributed by atoms with Gasteiger partial charge in [0.25, 0.3) is 5.91 Å². The largest absolute Gasteiger partial charge is 0.393 e. The molecule has 1 aromatic rings. The summed E-state index contributed by atoms with van der Waals surface area (Å²) in [5.41, 5.74) is 1.26. The minimum Gasteiger partial charge on any atom is -0.393 e. The van der Waals surface area contributed by atoms with Crippen LogP contribution in [0.1, 0.15) is 52.7 Å². The molecule has 1 saturated carbocycles. The van der Waals surface area contributed by atoms with E-state index in [4.69, 9.17) is 0 Å². The van der Waals surface area contributed by atoms with Crippen LogP contribution in [0.3, 0.4) is 0 Å². The summed E-state index contributed by atoms with van der Waals surface area (Å²) in [5, 5.41) is 12.9. The summed E-state index contributed by atoms with van der Waals surface area (Å²) in [5.74, 6) is 0.231. The van der Waals surface area contributed by atoms with Crippen molar-refractivity contribution in [3.63, 3.8) is 0 Å². The van der Waals surface area contributed by atoms with E-state index in [2.05, 4.69) is 19.2 Å². The lowest BCUT2D eigenvalue weighted by Gasteiger charge is -2.27. The molecule has 0 aliphatic heterocycles. The lowest BCUT2D eigenvalue weighted by Crippen LogP contribution is -2.36. The molecule has 2 N–H and O–H groups in total. The van der Waals surface area contributed by atoms with Gasteiger partial charge in [-0.25, -0.2) is 0 Å². The fourth-order valence-electron chi connectivity index (χ4n) is 2.72. The molecule has 19 heavy (non-hydrogen) atoms. The van der Waals surface area contributed by atoms with Gasteiger partial charge in [0.2, 0.25) is 0 Å². The van der Waals surface area contributed by atoms with E-state index in [-0.39, 0.29) is 17.9 Å². The highest BCUT2D eigenvalue weighted by Crippen LogP contribution is 2.25. The normalized spacial score (nSPS) is 23.3. The monoisotopic (exact) mass is 281 g/mol. The molecule has 0 saturated heterocycles. The average Bonchev–Trinajstić information content (AvgIpc) is 2.79. The van der Waals surface area contributed by atoms with Crippen LogP contribution in [-0.4, -0.2) is 23.7 Å². The van der Waals surface area contributed by atoms with E-state index in [1.165, 1.54) is 10.4 Å². The number of hydrogen-bond donors (Lipinski definition) is 2. The fraction of sp³-hybridized carbons (Fsp3) is 0.667. The van der Waals surface area contributed by atoms with E-state index in [0.29, 0.717) is 6.54 Å². The quantitative estimate of drug-likeness (QED) is 0.891. The molecule has 4 heteroatoms. The average molecular weight is 281 g/mol. The molecule has 1 aliphatic rings. The Kier molecular flexibility index (Phi) is 4.99. The fourth-order valence-corrected chi connectivity index (χ4v) is 3.75. The van der Waals surface area contributed by atoms with Gasteiger partial charge < -0.3 is 10.4 Å². The van der Waals surface area contributed by atoms with E-state index in [1.807, 2.05) is 6.07 Å². The summed E-state index contributed by atoms with van der Waals surface area (Å²) >= 11 is 1.56. The first-order valence-electron chi connectivity index (χ1n) is 7.17. The molecular weight excluding hydrogens is 258 g/mol. The maximum Gasteiger partial charge on any atom is 0.261 e. The van der Waals surface area contributed by atoms with Gasteiger partial charge in [0, 0.05) is 17.3 Å². The molecule has 0 bridgehead atoms. The zero-order chi connectivity index (χ0) is 13.8. The second-order valence-corrected chi connectivity index (χ2v) is 6.62. The second-order valence-electron chi connectivity index (χ2n) is 5.37. The zero-order valence-electron chi connectivity index (χ0n) is 11.7. The third-order valence-electron chi connectivity index (χ3n) is 4.02. The molecule has 2 unspecified atom stereocenters. The first-order valence-corrected chi connectivity index (χ1v) is 7.99. The van der Waals surface area contributed by atoms with E-state index in [9.17, 15) is 9.90 Å². The lowest BCUT2D eigenvalue weighted by atomic mass is 9.86. The van der Waals surface area contributed by atoms with Crippen LogP contribution >= 0.6 is 11.3 Å². The van der Waals surface area contributed by atoms with E-state index in [0.717, 1.165) is 37.0 Å². The highest BCUT2D eigenvalue weighted by molar-refractivity contribution is 7.14. The maximum absolute atomic E-state index is 12.1. The van der Waals surface area contributed by atoms with E-state index >= 15 is 0 Å². The minimum absolute atomic E-state index is 0.00516. The van der Waals surface area contributed by atoms with Crippen molar-refractivity contribution in [2.75, 3.05) is 6.54 Å². The van der Waals surface area contributed by atoms with Gasteiger partial charge >= 0.3 is 0 Å². The van der Waals surface area contributed by atoms with E-state index in [1.54, 1.807) is 11.3 Å². The Morgan fingerprint density at radius 3 is 2.84 bits per heavy atom. The standard InChI is InChI=1S/C15H23NO2S/c1-3-11-8-14(19-10(11)2)15(18)16-9-12-6-4-5-7-13(12)17/h8,12-13,17H,3-7,9H2,1-2H3,(H,16,18). The molecular formula is C15H23NO2S. The molecule has 1 amide bonds. The van der Waals surface area contributed by atoms with Gasteiger partial charge in [0.15, 0.2) is 0 Å². The number of aliphatic hydroxyl groups excluding tert-OH is 1. The molecule has 106 valence electrons. The number of amides is 1. The van der Waals surface area contributed by atoms with Crippen molar-refractivity contribution in [1.29, 1.82) is 0 Å². The number of hydrogen-bond acceptors (Lipinski definition) is 3. The van der Waals surface area contributed by atoms with Gasteiger partial charge in [-0.15, -0.1) is 11.3 Å². The first kappa shape index (κ1) is 14.5. The number of aliphatic hydroxyl groups is 1. The number of aryl methyl sites for hydroxylation is 2. The predicted molar refractivity (Wildman–Crippen MR) is 78.7 cm³/mol. The Labute approximate surface area is 119 Å². The molecule has 0 radical (unpaired) electrons. The Hall–Kier alpha value is -0.870. The molecule has 0 aromatic carbocycles. The van der Waals surface area contributed by atoms with Crippen molar-refractivity contribution in [2.24, 2.45) is 5.92 Å². The Morgan fingerprint density at radius 2 is 2.21 bits per heavy atom. The van der Waals surface area contributed by atoms with Crippen LogP contribution in [0.15, 0.2) is 6.07 Å². The molecule has 1 heterocycles.